The first-order valence-corrected chi connectivity index (χ1v) is 9.83. The van der Waals surface area contributed by atoms with Crippen molar-refractivity contribution in [3.05, 3.63) is 58.4 Å². The lowest BCUT2D eigenvalue weighted by Crippen LogP contribution is -2.45. The summed E-state index contributed by atoms with van der Waals surface area (Å²) in [7, 11) is -3.52. The largest absolute Gasteiger partial charge is 0.341 e. The number of hydrogen-bond donors (Lipinski definition) is 1. The molecule has 10 heteroatoms. The zero-order chi connectivity index (χ0) is 18.6. The predicted molar refractivity (Wildman–Crippen MR) is 96.1 cm³/mol. The zero-order valence-electron chi connectivity index (χ0n) is 14.0. The highest BCUT2D eigenvalue weighted by atomic mass is 32.2. The fourth-order valence-electron chi connectivity index (χ4n) is 2.88. The number of anilines is 1. The van der Waals surface area contributed by atoms with Gasteiger partial charge in [-0.1, -0.05) is 12.1 Å². The molecule has 0 saturated carbocycles. The van der Waals surface area contributed by atoms with Crippen LogP contribution in [0.1, 0.15) is 18.4 Å². The zero-order valence-corrected chi connectivity index (χ0v) is 14.8. The number of hydrogen-bond acceptors (Lipinski definition) is 7. The van der Waals surface area contributed by atoms with Gasteiger partial charge < -0.3 is 4.90 Å². The standard InChI is InChI=1S/C16H19N5O4S/c22-21(23)15-4-2-13(3-5-15)12-26(24,25)19-14-6-10-20(11-7-14)16-17-8-1-9-18-16/h1-5,8-9,14,19H,6-7,10-12H2. The maximum Gasteiger partial charge on any atom is 0.269 e. The molecule has 0 spiro atoms. The molecule has 0 unspecified atom stereocenters. The number of nitrogens with one attached hydrogen (secondary N) is 1. The molecule has 0 aliphatic carbocycles. The fraction of sp³-hybridized carbons (Fsp3) is 0.375. The molecule has 0 bridgehead atoms. The molecule has 9 nitrogen and oxygen atoms in total. The van der Waals surface area contributed by atoms with Crippen molar-refractivity contribution < 1.29 is 13.3 Å². The lowest BCUT2D eigenvalue weighted by Gasteiger charge is -2.32. The van der Waals surface area contributed by atoms with E-state index in [1.165, 1.54) is 24.3 Å². The van der Waals surface area contributed by atoms with Crippen LogP contribution in [0.15, 0.2) is 42.7 Å². The van der Waals surface area contributed by atoms with Gasteiger partial charge in [-0.3, -0.25) is 10.1 Å². The van der Waals surface area contributed by atoms with Gasteiger partial charge in [-0.05, 0) is 24.5 Å². The number of nitrogens with zero attached hydrogens (tertiary/aromatic N) is 4. The van der Waals surface area contributed by atoms with E-state index in [2.05, 4.69) is 14.7 Å². The number of sulfonamides is 1. The van der Waals surface area contributed by atoms with Gasteiger partial charge in [-0.25, -0.2) is 23.1 Å². The average molecular weight is 377 g/mol. The molecule has 1 fully saturated rings. The van der Waals surface area contributed by atoms with E-state index in [4.69, 9.17) is 0 Å². The SMILES string of the molecule is O=[N+]([O-])c1ccc(CS(=O)(=O)NC2CCN(c3ncccn3)CC2)cc1. The molecule has 3 rings (SSSR count). The number of benzene rings is 1. The molecule has 2 heterocycles. The number of rotatable bonds is 6. The van der Waals surface area contributed by atoms with Gasteiger partial charge >= 0.3 is 0 Å². The molecule has 0 atom stereocenters. The molecule has 2 aromatic rings. The van der Waals surface area contributed by atoms with Crippen molar-refractivity contribution in [1.82, 2.24) is 14.7 Å². The van der Waals surface area contributed by atoms with Crippen LogP contribution < -0.4 is 9.62 Å². The van der Waals surface area contributed by atoms with Crippen molar-refractivity contribution in [1.29, 1.82) is 0 Å². The Morgan fingerprint density at radius 1 is 1.15 bits per heavy atom. The summed E-state index contributed by atoms with van der Waals surface area (Å²) in [5.74, 6) is 0.451. The molecule has 1 aliphatic rings. The first kappa shape index (κ1) is 18.2. The summed E-state index contributed by atoms with van der Waals surface area (Å²) in [5.41, 5.74) is 0.452. The van der Waals surface area contributed by atoms with E-state index in [1.54, 1.807) is 18.5 Å². The van der Waals surface area contributed by atoms with E-state index in [0.717, 1.165) is 0 Å². The van der Waals surface area contributed by atoms with E-state index in [1.807, 2.05) is 4.90 Å². The third kappa shape index (κ3) is 4.73. The van der Waals surface area contributed by atoms with Crippen molar-refractivity contribution in [2.45, 2.75) is 24.6 Å². The molecular formula is C16H19N5O4S. The van der Waals surface area contributed by atoms with Crippen LogP contribution in [0.2, 0.25) is 0 Å². The fourth-order valence-corrected chi connectivity index (χ4v) is 4.34. The Morgan fingerprint density at radius 2 is 1.77 bits per heavy atom. The average Bonchev–Trinajstić information content (AvgIpc) is 2.63. The topological polar surface area (TPSA) is 118 Å². The van der Waals surface area contributed by atoms with Gasteiger partial charge in [-0.2, -0.15) is 0 Å². The first-order valence-electron chi connectivity index (χ1n) is 8.18. The number of nitro benzene ring substituents is 1. The number of non-ortho nitro benzene ring substituents is 1. The van der Waals surface area contributed by atoms with Crippen molar-refractivity contribution in [3.8, 4) is 0 Å². The van der Waals surface area contributed by atoms with Crippen LogP contribution in [0.3, 0.4) is 0 Å². The van der Waals surface area contributed by atoms with Gasteiger partial charge in [0.2, 0.25) is 16.0 Å². The van der Waals surface area contributed by atoms with Gasteiger partial charge in [0.15, 0.2) is 0 Å². The third-order valence-electron chi connectivity index (χ3n) is 4.18. The van der Waals surface area contributed by atoms with Gasteiger partial charge in [-0.15, -0.1) is 0 Å². The van der Waals surface area contributed by atoms with Crippen molar-refractivity contribution >= 4 is 21.7 Å². The van der Waals surface area contributed by atoms with Gasteiger partial charge in [0, 0.05) is 43.7 Å². The summed E-state index contributed by atoms with van der Waals surface area (Å²) >= 11 is 0. The lowest BCUT2D eigenvalue weighted by atomic mass is 10.1. The molecule has 1 aliphatic heterocycles. The third-order valence-corrected chi connectivity index (χ3v) is 5.59. The highest BCUT2D eigenvalue weighted by Gasteiger charge is 2.24. The smallest absolute Gasteiger partial charge is 0.269 e. The quantitative estimate of drug-likeness (QED) is 0.598. The highest BCUT2D eigenvalue weighted by molar-refractivity contribution is 7.88. The van der Waals surface area contributed by atoms with E-state index in [9.17, 15) is 18.5 Å². The van der Waals surface area contributed by atoms with E-state index >= 15 is 0 Å². The van der Waals surface area contributed by atoms with Crippen molar-refractivity contribution in [3.63, 3.8) is 0 Å². The second-order valence-electron chi connectivity index (χ2n) is 6.11. The van der Waals surface area contributed by atoms with Crippen molar-refractivity contribution in [2.24, 2.45) is 0 Å². The molecule has 1 saturated heterocycles. The van der Waals surface area contributed by atoms with Gasteiger partial charge in [0.25, 0.3) is 5.69 Å². The van der Waals surface area contributed by atoms with Gasteiger partial charge in [0.05, 0.1) is 10.7 Å². The van der Waals surface area contributed by atoms with Crippen LogP contribution in [0.4, 0.5) is 11.6 Å². The summed E-state index contributed by atoms with van der Waals surface area (Å²) in [4.78, 5) is 20.6. The summed E-state index contributed by atoms with van der Waals surface area (Å²) in [6.45, 7) is 1.35. The molecular weight excluding hydrogens is 358 g/mol. The Bertz CT molecular complexity index is 850. The number of aromatic nitrogens is 2. The minimum Gasteiger partial charge on any atom is -0.341 e. The minimum absolute atomic E-state index is 0.0605. The van der Waals surface area contributed by atoms with Gasteiger partial charge in [0.1, 0.15) is 0 Å². The second kappa shape index (κ2) is 7.75. The molecule has 138 valence electrons. The molecule has 1 aromatic heterocycles. The number of nitro groups is 1. The Balaban J connectivity index is 1.54. The minimum atomic E-state index is -3.52. The van der Waals surface area contributed by atoms with E-state index < -0.39 is 14.9 Å². The van der Waals surface area contributed by atoms with Crippen LogP contribution in [0.5, 0.6) is 0 Å². The molecule has 26 heavy (non-hydrogen) atoms. The van der Waals surface area contributed by atoms with Crippen LogP contribution >= 0.6 is 0 Å². The number of piperidine rings is 1. The highest BCUT2D eigenvalue weighted by Crippen LogP contribution is 2.18. The maximum absolute atomic E-state index is 12.4. The monoisotopic (exact) mass is 377 g/mol. The summed E-state index contributed by atoms with van der Waals surface area (Å²) in [5, 5.41) is 10.7. The normalized spacial score (nSPS) is 15.8. The lowest BCUT2D eigenvalue weighted by molar-refractivity contribution is -0.384. The van der Waals surface area contributed by atoms with Crippen molar-refractivity contribution in [2.75, 3.05) is 18.0 Å². The Kier molecular flexibility index (Phi) is 5.43. The molecule has 0 amide bonds. The molecule has 0 radical (unpaired) electrons. The molecule has 1 N–H and O–H groups in total. The summed E-state index contributed by atoms with van der Waals surface area (Å²) in [6.07, 6.45) is 4.69. The van der Waals surface area contributed by atoms with Crippen LogP contribution in [0, 0.1) is 10.1 Å². The summed E-state index contributed by atoms with van der Waals surface area (Å²) in [6, 6.07) is 7.16. The van der Waals surface area contributed by atoms with Crippen LogP contribution in [0.25, 0.3) is 0 Å². The second-order valence-corrected chi connectivity index (χ2v) is 7.86. The Hall–Kier alpha value is -2.59. The van der Waals surface area contributed by atoms with E-state index in [-0.39, 0.29) is 17.5 Å². The maximum atomic E-state index is 12.4. The summed E-state index contributed by atoms with van der Waals surface area (Å²) < 4.78 is 27.4. The Morgan fingerprint density at radius 3 is 2.35 bits per heavy atom. The van der Waals surface area contributed by atoms with Crippen LogP contribution in [-0.4, -0.2) is 42.4 Å². The Labute approximate surface area is 151 Å². The van der Waals surface area contributed by atoms with Crippen LogP contribution in [-0.2, 0) is 15.8 Å². The van der Waals surface area contributed by atoms with E-state index in [0.29, 0.717) is 37.4 Å². The first-order chi connectivity index (χ1) is 12.4. The molecule has 1 aromatic carbocycles. The predicted octanol–water partition coefficient (Wildman–Crippen LogP) is 1.47.